The zero-order valence-electron chi connectivity index (χ0n) is 3.57. The van der Waals surface area contributed by atoms with Crippen LogP contribution in [0.3, 0.4) is 0 Å². The van der Waals surface area contributed by atoms with Gasteiger partial charge >= 0.3 is 25.2 Å². The second kappa shape index (κ2) is 6.16. The van der Waals surface area contributed by atoms with Crippen LogP contribution in [0.1, 0.15) is 0 Å². The van der Waals surface area contributed by atoms with Crippen molar-refractivity contribution in [3.8, 4) is 0 Å². The maximum atomic E-state index is 4.20. The van der Waals surface area contributed by atoms with Crippen LogP contribution in [0.2, 0.25) is 0 Å². The van der Waals surface area contributed by atoms with E-state index in [1.807, 2.05) is 30.3 Å². The molecule has 0 saturated heterocycles. The third-order valence-electron chi connectivity index (χ3n) is 0.556. The molecule has 1 rings (SSSR count). The van der Waals surface area contributed by atoms with Crippen LogP contribution in [-0.2, 0) is 15.1 Å². The van der Waals surface area contributed by atoms with E-state index in [0.29, 0.717) is 0 Å². The van der Waals surface area contributed by atoms with Gasteiger partial charge in [-0.05, 0) is 0 Å². The van der Waals surface area contributed by atoms with Crippen molar-refractivity contribution in [3.05, 3.63) is 30.3 Å². The Labute approximate surface area is 55.9 Å². The third kappa shape index (κ3) is 4.00. The molecule has 0 unspecified atom stereocenters. The predicted molar refractivity (Wildman–Crippen MR) is 27.9 cm³/mol. The summed E-state index contributed by atoms with van der Waals surface area (Å²) in [6.07, 6.45) is 0. The molecule has 1 aromatic carbocycles. The summed E-state index contributed by atoms with van der Waals surface area (Å²) in [5.74, 6) is 0. The Hall–Kier alpha value is 0.159. The van der Waals surface area contributed by atoms with Crippen molar-refractivity contribution in [2.45, 2.75) is 0 Å². The summed E-state index contributed by atoms with van der Waals surface area (Å²) in [5.41, 5.74) is 0. The standard InChI is InChI=1S/C5H5.ClH.Cu/c1-2-4-5-3-1;;/h1-5H;1H;/q-1;;+2/p-1. The van der Waals surface area contributed by atoms with E-state index in [1.54, 1.807) is 0 Å². The fraction of sp³-hybridized carbons (Fsp3) is 0. The SMILES string of the molecule is [Cl][Cu+].c1cc[cH-]c1. The Bertz CT molecular complexity index is 64.6. The fourth-order valence-electron chi connectivity index (χ4n) is 0.321. The van der Waals surface area contributed by atoms with Gasteiger partial charge in [0.2, 0.25) is 0 Å². The Morgan fingerprint density at radius 1 is 1.14 bits per heavy atom. The van der Waals surface area contributed by atoms with Crippen LogP contribution >= 0.6 is 10.1 Å². The molecule has 0 atom stereocenters. The first-order valence-corrected chi connectivity index (χ1v) is 3.08. The van der Waals surface area contributed by atoms with E-state index >= 15 is 0 Å². The smallest absolute Gasteiger partial charge is 0.172 e. The summed E-state index contributed by atoms with van der Waals surface area (Å²) in [4.78, 5) is 0. The molecule has 0 aliphatic carbocycles. The largest absolute Gasteiger partial charge is 0.214 e. The summed E-state index contributed by atoms with van der Waals surface area (Å²) in [7, 11) is 4.20. The Morgan fingerprint density at radius 2 is 1.57 bits per heavy atom. The van der Waals surface area contributed by atoms with Gasteiger partial charge in [0.25, 0.3) is 0 Å². The average molecular weight is 164 g/mol. The van der Waals surface area contributed by atoms with Crippen molar-refractivity contribution in [2.24, 2.45) is 0 Å². The second-order valence-electron chi connectivity index (χ2n) is 0.962. The normalized spacial score (nSPS) is 6.71. The van der Waals surface area contributed by atoms with Crippen LogP contribution in [0.15, 0.2) is 30.3 Å². The van der Waals surface area contributed by atoms with E-state index in [0.717, 1.165) is 0 Å². The van der Waals surface area contributed by atoms with Gasteiger partial charge in [-0.1, -0.05) is 0 Å². The molecule has 43 valence electrons. The van der Waals surface area contributed by atoms with E-state index in [1.165, 1.54) is 0 Å². The summed E-state index contributed by atoms with van der Waals surface area (Å²) in [5, 5.41) is 0. The first-order valence-electron chi connectivity index (χ1n) is 1.78. The molecule has 0 fully saturated rings. The summed E-state index contributed by atoms with van der Waals surface area (Å²) >= 11 is 3.66. The molecule has 0 nitrogen and oxygen atoms in total. The molecule has 0 amide bonds. The third-order valence-corrected chi connectivity index (χ3v) is 0.556. The van der Waals surface area contributed by atoms with Gasteiger partial charge in [0.15, 0.2) is 0 Å². The van der Waals surface area contributed by atoms with Crippen molar-refractivity contribution in [3.63, 3.8) is 0 Å². The monoisotopic (exact) mass is 163 g/mol. The molecular weight excluding hydrogens is 159 g/mol. The van der Waals surface area contributed by atoms with Crippen molar-refractivity contribution in [1.29, 1.82) is 0 Å². The Kier molecular flexibility index (Phi) is 6.30. The topological polar surface area (TPSA) is 0 Å². The molecule has 0 spiro atoms. The summed E-state index contributed by atoms with van der Waals surface area (Å²) < 4.78 is 0. The van der Waals surface area contributed by atoms with Crippen molar-refractivity contribution in [2.75, 3.05) is 0 Å². The zero-order chi connectivity index (χ0) is 5.54. The number of hydrogen-bond acceptors (Lipinski definition) is 0. The van der Waals surface area contributed by atoms with Gasteiger partial charge < -0.3 is 0 Å². The Balaban J connectivity index is 0.000000162. The molecule has 2 heteroatoms. The Morgan fingerprint density at radius 3 is 1.71 bits per heavy atom. The van der Waals surface area contributed by atoms with Gasteiger partial charge in [0, 0.05) is 0 Å². The molecule has 0 aromatic heterocycles. The first kappa shape index (κ1) is 7.16. The number of halogens is 1. The van der Waals surface area contributed by atoms with E-state index in [4.69, 9.17) is 0 Å². The molecular formula is C5H5ClCu. The van der Waals surface area contributed by atoms with E-state index in [-0.39, 0.29) is 0 Å². The van der Waals surface area contributed by atoms with Crippen LogP contribution in [0.4, 0.5) is 0 Å². The van der Waals surface area contributed by atoms with Gasteiger partial charge in [-0.25, -0.2) is 12.1 Å². The second-order valence-corrected chi connectivity index (χ2v) is 0.962. The van der Waals surface area contributed by atoms with Crippen molar-refractivity contribution in [1.82, 2.24) is 0 Å². The molecule has 0 heterocycles. The molecule has 0 aliphatic rings. The maximum absolute atomic E-state index is 4.20. The van der Waals surface area contributed by atoms with Gasteiger partial charge in [0.05, 0.1) is 0 Å². The molecule has 7 heavy (non-hydrogen) atoms. The minimum absolute atomic E-state index is 2.00. The fourth-order valence-corrected chi connectivity index (χ4v) is 0.321. The van der Waals surface area contributed by atoms with Crippen molar-refractivity contribution < 1.29 is 15.1 Å². The van der Waals surface area contributed by atoms with Gasteiger partial charge in [-0.15, -0.1) is 0 Å². The van der Waals surface area contributed by atoms with Crippen molar-refractivity contribution >= 4 is 10.1 Å². The quantitative estimate of drug-likeness (QED) is 0.407. The van der Waals surface area contributed by atoms with Gasteiger partial charge in [-0.2, -0.15) is 18.2 Å². The van der Waals surface area contributed by atoms with Gasteiger partial charge in [-0.3, -0.25) is 0 Å². The van der Waals surface area contributed by atoms with E-state index in [9.17, 15) is 0 Å². The average Bonchev–Trinajstić information content (AvgIpc) is 2.23. The predicted octanol–water partition coefficient (Wildman–Crippen LogP) is 2.09. The first-order chi connectivity index (χ1) is 3.50. The van der Waals surface area contributed by atoms with E-state index in [2.05, 4.69) is 25.2 Å². The molecule has 1 aromatic rings. The maximum Gasteiger partial charge on any atom is -0.172 e. The molecule has 0 saturated carbocycles. The molecule has 0 aliphatic heterocycles. The van der Waals surface area contributed by atoms with E-state index < -0.39 is 0 Å². The molecule has 0 radical (unpaired) electrons. The van der Waals surface area contributed by atoms with Gasteiger partial charge in [0.1, 0.15) is 0 Å². The minimum atomic E-state index is 2.00. The van der Waals surface area contributed by atoms with Crippen LogP contribution < -0.4 is 0 Å². The van der Waals surface area contributed by atoms with Crippen LogP contribution in [0.25, 0.3) is 0 Å². The van der Waals surface area contributed by atoms with Crippen LogP contribution in [0, 0.1) is 0 Å². The number of rotatable bonds is 0. The van der Waals surface area contributed by atoms with Crippen LogP contribution in [0.5, 0.6) is 0 Å². The van der Waals surface area contributed by atoms with Crippen LogP contribution in [-0.4, -0.2) is 0 Å². The number of hydrogen-bond donors (Lipinski definition) is 0. The summed E-state index contributed by atoms with van der Waals surface area (Å²) in [6, 6.07) is 10.0. The molecule has 0 bridgehead atoms. The minimum Gasteiger partial charge on any atom is -0.214 e. The zero-order valence-corrected chi connectivity index (χ0v) is 5.26. The summed E-state index contributed by atoms with van der Waals surface area (Å²) in [6.45, 7) is 0. The molecule has 0 N–H and O–H groups in total.